The lowest BCUT2D eigenvalue weighted by molar-refractivity contribution is -0.138. The van der Waals surface area contributed by atoms with Gasteiger partial charge < -0.3 is 14.4 Å². The number of rotatable bonds is 6. The normalized spacial score (nSPS) is 27.2. The van der Waals surface area contributed by atoms with Gasteiger partial charge in [-0.2, -0.15) is 5.10 Å². The van der Waals surface area contributed by atoms with Crippen LogP contribution >= 0.6 is 0 Å². The molecule has 1 aromatic heterocycles. The van der Waals surface area contributed by atoms with Gasteiger partial charge in [0.15, 0.2) is 0 Å². The molecule has 3 atom stereocenters. The number of amides is 1. The molecule has 1 aromatic rings. The second-order valence-corrected chi connectivity index (χ2v) is 7.03. The van der Waals surface area contributed by atoms with Crippen LogP contribution in [0, 0.1) is 0 Å². The largest absolute Gasteiger partial charge is 0.371 e. The second-order valence-electron chi connectivity index (χ2n) is 7.03. The first-order valence-electron chi connectivity index (χ1n) is 8.68. The predicted octanol–water partition coefficient (Wildman–Crippen LogP) is 0.647. The number of likely N-dealkylation sites (N-methyl/N-ethyl adjacent to an activating group) is 1. The summed E-state index contributed by atoms with van der Waals surface area (Å²) < 4.78 is 13.6. The Labute approximate surface area is 143 Å². The molecule has 2 saturated heterocycles. The molecule has 134 valence electrons. The van der Waals surface area contributed by atoms with Crippen molar-refractivity contribution >= 4 is 5.91 Å². The van der Waals surface area contributed by atoms with Gasteiger partial charge in [-0.1, -0.05) is 0 Å². The van der Waals surface area contributed by atoms with Crippen LogP contribution in [0.4, 0.5) is 0 Å². The summed E-state index contributed by atoms with van der Waals surface area (Å²) in [6, 6.07) is 0.491. The summed E-state index contributed by atoms with van der Waals surface area (Å²) in [7, 11) is 5.43. The summed E-state index contributed by atoms with van der Waals surface area (Å²) in [5.74, 6) is -0.00722. The van der Waals surface area contributed by atoms with Crippen molar-refractivity contribution in [1.29, 1.82) is 0 Å². The number of likely N-dealkylation sites (tertiary alicyclic amines) is 1. The van der Waals surface area contributed by atoms with Gasteiger partial charge in [-0.25, -0.2) is 0 Å². The van der Waals surface area contributed by atoms with Gasteiger partial charge in [0.25, 0.3) is 0 Å². The summed E-state index contributed by atoms with van der Waals surface area (Å²) in [6.45, 7) is 2.65. The van der Waals surface area contributed by atoms with E-state index < -0.39 is 0 Å². The van der Waals surface area contributed by atoms with Crippen molar-refractivity contribution in [3.63, 3.8) is 0 Å². The zero-order chi connectivity index (χ0) is 17.1. The van der Waals surface area contributed by atoms with Crippen molar-refractivity contribution in [3.05, 3.63) is 18.0 Å². The topological polar surface area (TPSA) is 59.8 Å². The summed E-state index contributed by atoms with van der Waals surface area (Å²) in [5.41, 5.74) is 1.26. The van der Waals surface area contributed by atoms with E-state index in [-0.39, 0.29) is 24.7 Å². The Morgan fingerprint density at radius 1 is 1.42 bits per heavy atom. The number of aryl methyl sites for hydroxylation is 1. The highest BCUT2D eigenvalue weighted by Gasteiger charge is 2.39. The number of carbonyl (C=O) groups excluding carboxylic acids is 1. The van der Waals surface area contributed by atoms with Crippen molar-refractivity contribution in [1.82, 2.24) is 19.6 Å². The third kappa shape index (κ3) is 4.15. The van der Waals surface area contributed by atoms with E-state index in [1.807, 2.05) is 17.9 Å². The van der Waals surface area contributed by atoms with E-state index in [4.69, 9.17) is 9.47 Å². The number of carbonyl (C=O) groups is 1. The van der Waals surface area contributed by atoms with Gasteiger partial charge in [-0.05, 0) is 19.3 Å². The Hall–Kier alpha value is -1.44. The van der Waals surface area contributed by atoms with Crippen LogP contribution < -0.4 is 0 Å². The van der Waals surface area contributed by atoms with Crippen molar-refractivity contribution in [2.75, 3.05) is 33.9 Å². The molecule has 24 heavy (non-hydrogen) atoms. The Morgan fingerprint density at radius 3 is 2.96 bits per heavy atom. The van der Waals surface area contributed by atoms with Crippen LogP contribution in [-0.2, 0) is 27.9 Å². The molecule has 0 unspecified atom stereocenters. The first-order valence-corrected chi connectivity index (χ1v) is 8.68. The van der Waals surface area contributed by atoms with Crippen LogP contribution in [0.25, 0.3) is 0 Å². The van der Waals surface area contributed by atoms with Gasteiger partial charge >= 0.3 is 0 Å². The zero-order valence-corrected chi connectivity index (χ0v) is 14.9. The molecule has 7 heteroatoms. The predicted molar refractivity (Wildman–Crippen MR) is 89.4 cm³/mol. The van der Waals surface area contributed by atoms with Gasteiger partial charge in [0.05, 0.1) is 25.0 Å². The molecule has 0 N–H and O–H groups in total. The molecule has 0 aromatic carbocycles. The van der Waals surface area contributed by atoms with Crippen molar-refractivity contribution in [2.24, 2.45) is 7.05 Å². The summed E-state index contributed by atoms with van der Waals surface area (Å²) in [4.78, 5) is 15.6. The molecule has 1 amide bonds. The smallest absolute Gasteiger partial charge is 0.248 e. The fraction of sp³-hybridized carbons (Fsp3) is 0.765. The average Bonchev–Trinajstić information content (AvgIpc) is 3.14. The molecule has 0 spiro atoms. The molecule has 2 fully saturated rings. The van der Waals surface area contributed by atoms with Crippen LogP contribution in [-0.4, -0.2) is 77.6 Å². The van der Waals surface area contributed by atoms with Gasteiger partial charge in [-0.3, -0.25) is 14.4 Å². The highest BCUT2D eigenvalue weighted by Crippen LogP contribution is 2.32. The Balaban J connectivity index is 1.44. The van der Waals surface area contributed by atoms with Crippen molar-refractivity contribution < 1.29 is 14.3 Å². The fourth-order valence-electron chi connectivity index (χ4n) is 3.60. The standard InChI is InChI=1S/C17H28N4O3/c1-19(2)17(22)12-23-11-14-4-5-15-16(24-14)6-7-21(15)10-13-8-18-20(3)9-13/h8-9,14-16H,4-7,10-12H2,1-3H3/t14-,15+,16+/m1/s1. The lowest BCUT2D eigenvalue weighted by Crippen LogP contribution is -2.43. The van der Waals surface area contributed by atoms with E-state index in [1.165, 1.54) is 5.56 Å². The minimum Gasteiger partial charge on any atom is -0.371 e. The molecule has 0 bridgehead atoms. The van der Waals surface area contributed by atoms with Crippen molar-refractivity contribution in [3.8, 4) is 0 Å². The van der Waals surface area contributed by atoms with Gasteiger partial charge in [0.2, 0.25) is 5.91 Å². The number of nitrogens with zero attached hydrogens (tertiary/aromatic N) is 4. The van der Waals surface area contributed by atoms with E-state index in [0.717, 1.165) is 32.4 Å². The third-order valence-electron chi connectivity index (χ3n) is 4.92. The van der Waals surface area contributed by atoms with Crippen LogP contribution in [0.1, 0.15) is 24.8 Å². The minimum atomic E-state index is -0.00722. The third-order valence-corrected chi connectivity index (χ3v) is 4.92. The lowest BCUT2D eigenvalue weighted by atomic mass is 9.99. The van der Waals surface area contributed by atoms with E-state index in [0.29, 0.717) is 12.6 Å². The molecule has 3 rings (SSSR count). The molecule has 7 nitrogen and oxygen atoms in total. The summed E-state index contributed by atoms with van der Waals surface area (Å²) in [6.07, 6.45) is 7.60. The molecule has 2 aliphatic rings. The molecule has 0 aliphatic carbocycles. The van der Waals surface area contributed by atoms with Crippen molar-refractivity contribution in [2.45, 2.75) is 44.1 Å². The van der Waals surface area contributed by atoms with E-state index in [1.54, 1.807) is 19.0 Å². The van der Waals surface area contributed by atoms with Crippen LogP contribution in [0.3, 0.4) is 0 Å². The molecule has 3 heterocycles. The maximum absolute atomic E-state index is 11.5. The van der Waals surface area contributed by atoms with Gasteiger partial charge in [0, 0.05) is 52.0 Å². The number of aromatic nitrogens is 2. The highest BCUT2D eigenvalue weighted by molar-refractivity contribution is 5.76. The summed E-state index contributed by atoms with van der Waals surface area (Å²) >= 11 is 0. The van der Waals surface area contributed by atoms with Gasteiger partial charge in [0.1, 0.15) is 6.61 Å². The second kappa shape index (κ2) is 7.63. The number of ether oxygens (including phenoxy) is 2. The first kappa shape index (κ1) is 17.4. The Bertz CT molecular complexity index is 560. The Kier molecular flexibility index (Phi) is 5.53. The first-order chi connectivity index (χ1) is 11.5. The monoisotopic (exact) mass is 336 g/mol. The van der Waals surface area contributed by atoms with E-state index >= 15 is 0 Å². The van der Waals surface area contributed by atoms with E-state index in [9.17, 15) is 4.79 Å². The maximum Gasteiger partial charge on any atom is 0.248 e. The zero-order valence-electron chi connectivity index (χ0n) is 14.9. The molecular weight excluding hydrogens is 308 g/mol. The Morgan fingerprint density at radius 2 is 2.25 bits per heavy atom. The quantitative estimate of drug-likeness (QED) is 0.763. The molecule has 0 radical (unpaired) electrons. The fourth-order valence-corrected chi connectivity index (χ4v) is 3.60. The highest BCUT2D eigenvalue weighted by atomic mass is 16.5. The van der Waals surface area contributed by atoms with Crippen LogP contribution in [0.15, 0.2) is 12.4 Å². The molecule has 2 aliphatic heterocycles. The van der Waals surface area contributed by atoms with Crippen LogP contribution in [0.5, 0.6) is 0 Å². The molecule has 0 saturated carbocycles. The maximum atomic E-state index is 11.5. The number of hydrogen-bond acceptors (Lipinski definition) is 5. The van der Waals surface area contributed by atoms with Gasteiger partial charge in [-0.15, -0.1) is 0 Å². The average molecular weight is 336 g/mol. The van der Waals surface area contributed by atoms with Crippen LogP contribution in [0.2, 0.25) is 0 Å². The SMILES string of the molecule is CN(C)C(=O)COC[C@H]1CC[C@H]2[C@H](CCN2Cc2cnn(C)c2)O1. The number of hydrogen-bond donors (Lipinski definition) is 0. The summed E-state index contributed by atoms with van der Waals surface area (Å²) in [5, 5.41) is 4.25. The molecular formula is C17H28N4O3. The lowest BCUT2D eigenvalue weighted by Gasteiger charge is -2.35. The van der Waals surface area contributed by atoms with E-state index in [2.05, 4.69) is 16.2 Å². The minimum absolute atomic E-state index is 0.00722. The number of fused-ring (bicyclic) bond motifs is 1.